The van der Waals surface area contributed by atoms with Gasteiger partial charge in [0, 0.05) is 54.1 Å². The molecule has 2 aliphatic heterocycles. The molecule has 4 heterocycles. The molecule has 2 N–H and O–H groups in total. The fourth-order valence-corrected chi connectivity index (χ4v) is 5.49. The number of anilines is 2. The van der Waals surface area contributed by atoms with Gasteiger partial charge in [-0.2, -0.15) is 10.2 Å². The Labute approximate surface area is 263 Å². The summed E-state index contributed by atoms with van der Waals surface area (Å²) in [6.45, 7) is 3.93. The number of benzene rings is 3. The van der Waals surface area contributed by atoms with Crippen LogP contribution in [0, 0.1) is 11.6 Å². The highest BCUT2D eigenvalue weighted by Gasteiger charge is 2.34. The van der Waals surface area contributed by atoms with Crippen molar-refractivity contribution in [1.82, 2.24) is 39.3 Å². The Morgan fingerprint density at radius 1 is 0.867 bits per heavy atom. The summed E-state index contributed by atoms with van der Waals surface area (Å²) in [6, 6.07) is 17.2. The molecule has 1 saturated heterocycles. The first kappa shape index (κ1) is 30.3. The molecule has 14 heteroatoms. The summed E-state index contributed by atoms with van der Waals surface area (Å²) in [5, 5.41) is 23.0. The number of piperazine rings is 1. The van der Waals surface area contributed by atoms with Crippen LogP contribution in [0.4, 0.5) is 25.8 Å². The maximum atomic E-state index is 14.1. The van der Waals surface area contributed by atoms with Crippen molar-refractivity contribution in [1.29, 1.82) is 0 Å². The molecular weight excluding hydrogens is 602 g/mol. The predicted molar refractivity (Wildman–Crippen MR) is 167 cm³/mol. The first-order chi connectivity index (χ1) is 21.8. The SMILES string of the molecule is CN1CCN(C2=Nc3cc(Cl)ccc3Nc3ccccc32)CC1.OC(Cn1cncn1)(Cn1cncn1)c1ccc(F)cc1F. The van der Waals surface area contributed by atoms with Crippen molar-refractivity contribution >= 4 is 34.5 Å². The molecule has 0 saturated carbocycles. The highest BCUT2D eigenvalue weighted by atomic mass is 35.5. The Morgan fingerprint density at radius 3 is 2.20 bits per heavy atom. The molecule has 0 aliphatic carbocycles. The highest BCUT2D eigenvalue weighted by molar-refractivity contribution is 6.31. The number of likely N-dealkylation sites (N-methyl/N-ethyl adjacent to an activating group) is 1. The molecule has 0 radical (unpaired) electrons. The Hall–Kier alpha value is -4.72. The van der Waals surface area contributed by atoms with Gasteiger partial charge >= 0.3 is 0 Å². The van der Waals surface area contributed by atoms with Crippen LogP contribution < -0.4 is 5.32 Å². The molecule has 232 valence electrons. The fraction of sp³-hybridized carbons (Fsp3) is 0.258. The van der Waals surface area contributed by atoms with Gasteiger partial charge in [-0.15, -0.1) is 0 Å². The van der Waals surface area contributed by atoms with E-state index in [2.05, 4.69) is 60.5 Å². The van der Waals surface area contributed by atoms with Crippen molar-refractivity contribution in [2.24, 2.45) is 4.99 Å². The quantitative estimate of drug-likeness (QED) is 0.292. The van der Waals surface area contributed by atoms with E-state index >= 15 is 0 Å². The van der Waals surface area contributed by atoms with E-state index < -0.39 is 17.2 Å². The molecule has 7 rings (SSSR count). The van der Waals surface area contributed by atoms with Gasteiger partial charge in [-0.1, -0.05) is 29.8 Å². The van der Waals surface area contributed by atoms with Crippen LogP contribution in [0.25, 0.3) is 0 Å². The molecule has 3 aromatic carbocycles. The number of amidine groups is 1. The summed E-state index contributed by atoms with van der Waals surface area (Å²) < 4.78 is 29.9. The third kappa shape index (κ3) is 7.00. The normalized spacial score (nSPS) is 14.8. The Balaban J connectivity index is 0.000000159. The third-order valence-corrected chi connectivity index (χ3v) is 7.87. The zero-order valence-electron chi connectivity index (χ0n) is 24.4. The summed E-state index contributed by atoms with van der Waals surface area (Å²) in [7, 11) is 2.16. The van der Waals surface area contributed by atoms with Gasteiger partial charge in [0.2, 0.25) is 0 Å². The van der Waals surface area contributed by atoms with Crippen LogP contribution in [0.5, 0.6) is 0 Å². The van der Waals surface area contributed by atoms with Crippen LogP contribution in [0.15, 0.2) is 91.0 Å². The molecule has 0 spiro atoms. The predicted octanol–water partition coefficient (Wildman–Crippen LogP) is 4.46. The standard InChI is InChI=1S/C18H19ClN4.C13H12F2N6O/c1-22-8-10-23(11-9-22)18-14-4-2-3-5-15(14)20-16-7-6-13(19)12-17(16)21-18;14-10-1-2-11(12(15)3-10)13(22,4-20-8-16-6-18-20)5-21-9-17-7-19-21/h2-7,12,20H,8-11H2,1H3;1-3,6-9,22H,4-5H2. The summed E-state index contributed by atoms with van der Waals surface area (Å²) in [6.07, 6.45) is 5.40. The number of rotatable bonds is 5. The number of aromatic nitrogens is 6. The average molecular weight is 633 g/mol. The smallest absolute Gasteiger partial charge is 0.138 e. The molecule has 1 fully saturated rings. The molecule has 2 aliphatic rings. The highest BCUT2D eigenvalue weighted by Crippen LogP contribution is 2.36. The summed E-state index contributed by atoms with van der Waals surface area (Å²) in [4.78, 5) is 17.3. The van der Waals surface area contributed by atoms with Crippen molar-refractivity contribution in [3.05, 3.63) is 114 Å². The fourth-order valence-electron chi connectivity index (χ4n) is 5.32. The maximum Gasteiger partial charge on any atom is 0.138 e. The van der Waals surface area contributed by atoms with E-state index in [1.54, 1.807) is 0 Å². The van der Waals surface area contributed by atoms with Crippen molar-refractivity contribution in [2.75, 3.05) is 38.5 Å². The Morgan fingerprint density at radius 2 is 1.56 bits per heavy atom. The average Bonchev–Trinajstić information content (AvgIpc) is 3.70. The number of aliphatic imine (C=N–C) groups is 1. The van der Waals surface area contributed by atoms with Gasteiger partial charge < -0.3 is 20.2 Å². The first-order valence-electron chi connectivity index (χ1n) is 14.3. The van der Waals surface area contributed by atoms with E-state index in [-0.39, 0.29) is 18.7 Å². The molecule has 5 aromatic rings. The second kappa shape index (κ2) is 13.1. The third-order valence-electron chi connectivity index (χ3n) is 7.64. The molecule has 0 bridgehead atoms. The van der Waals surface area contributed by atoms with E-state index in [0.717, 1.165) is 66.8 Å². The van der Waals surface area contributed by atoms with Gasteiger partial charge in [0.25, 0.3) is 0 Å². The number of hydrogen-bond donors (Lipinski definition) is 2. The van der Waals surface area contributed by atoms with E-state index in [1.165, 1.54) is 40.7 Å². The lowest BCUT2D eigenvalue weighted by molar-refractivity contribution is -0.00856. The summed E-state index contributed by atoms with van der Waals surface area (Å²) in [5.41, 5.74) is 2.36. The van der Waals surface area contributed by atoms with Crippen molar-refractivity contribution in [3.63, 3.8) is 0 Å². The van der Waals surface area contributed by atoms with Crippen LogP contribution in [0.1, 0.15) is 11.1 Å². The van der Waals surface area contributed by atoms with Gasteiger partial charge in [-0.25, -0.2) is 33.1 Å². The van der Waals surface area contributed by atoms with Gasteiger partial charge in [0.05, 0.1) is 24.5 Å². The minimum Gasteiger partial charge on any atom is -0.381 e. The number of halogens is 3. The Kier molecular flexibility index (Phi) is 8.83. The molecule has 2 aromatic heterocycles. The van der Waals surface area contributed by atoms with Gasteiger partial charge in [-0.3, -0.25) is 0 Å². The first-order valence-corrected chi connectivity index (χ1v) is 14.7. The largest absolute Gasteiger partial charge is 0.381 e. The zero-order valence-corrected chi connectivity index (χ0v) is 25.2. The van der Waals surface area contributed by atoms with E-state index in [0.29, 0.717) is 5.02 Å². The minimum atomic E-state index is -1.70. The number of nitrogens with zero attached hydrogens (tertiary/aromatic N) is 9. The van der Waals surface area contributed by atoms with Crippen LogP contribution in [-0.4, -0.2) is 83.5 Å². The topological polar surface area (TPSA) is 113 Å². The maximum absolute atomic E-state index is 14.1. The van der Waals surface area contributed by atoms with E-state index in [9.17, 15) is 13.9 Å². The van der Waals surface area contributed by atoms with Crippen LogP contribution >= 0.6 is 11.6 Å². The molecular formula is C31H31ClF2N10O. The second-order valence-corrected chi connectivity index (χ2v) is 11.3. The lowest BCUT2D eigenvalue weighted by Crippen LogP contribution is -2.47. The minimum absolute atomic E-state index is 0.0556. The second-order valence-electron chi connectivity index (χ2n) is 10.9. The van der Waals surface area contributed by atoms with Crippen LogP contribution in [0.3, 0.4) is 0 Å². The number of para-hydroxylation sites is 1. The molecule has 11 nitrogen and oxygen atoms in total. The number of nitrogens with one attached hydrogen (secondary N) is 1. The van der Waals surface area contributed by atoms with Gasteiger partial charge in [-0.05, 0) is 43.4 Å². The lowest BCUT2D eigenvalue weighted by Gasteiger charge is -2.34. The summed E-state index contributed by atoms with van der Waals surface area (Å²) >= 11 is 6.18. The number of fused-ring (bicyclic) bond motifs is 2. The van der Waals surface area contributed by atoms with Crippen molar-refractivity contribution in [3.8, 4) is 0 Å². The van der Waals surface area contributed by atoms with Gasteiger partial charge in [0.15, 0.2) is 0 Å². The Bertz CT molecular complexity index is 1740. The van der Waals surface area contributed by atoms with Crippen LogP contribution in [-0.2, 0) is 18.7 Å². The molecule has 45 heavy (non-hydrogen) atoms. The molecule has 0 amide bonds. The van der Waals surface area contributed by atoms with E-state index in [4.69, 9.17) is 16.6 Å². The van der Waals surface area contributed by atoms with Crippen molar-refractivity contribution < 1.29 is 13.9 Å². The number of hydrogen-bond acceptors (Lipinski definition) is 9. The number of aliphatic hydroxyl groups is 1. The van der Waals surface area contributed by atoms with E-state index in [1.807, 2.05) is 24.3 Å². The summed E-state index contributed by atoms with van der Waals surface area (Å²) in [5.74, 6) is -0.532. The zero-order chi connectivity index (χ0) is 31.4. The lowest BCUT2D eigenvalue weighted by atomic mass is 9.93. The molecule has 0 atom stereocenters. The van der Waals surface area contributed by atoms with Crippen molar-refractivity contribution in [2.45, 2.75) is 18.7 Å². The molecule has 0 unspecified atom stereocenters. The monoisotopic (exact) mass is 632 g/mol. The van der Waals surface area contributed by atoms with Crippen LogP contribution in [0.2, 0.25) is 5.02 Å². The van der Waals surface area contributed by atoms with Gasteiger partial charge in [0.1, 0.15) is 48.4 Å².